The van der Waals surface area contributed by atoms with Gasteiger partial charge in [0.15, 0.2) is 0 Å². The molecule has 5 aromatic rings. The summed E-state index contributed by atoms with van der Waals surface area (Å²) in [6.45, 7) is 3.60. The van der Waals surface area contributed by atoms with Crippen LogP contribution >= 0.6 is 0 Å². The zero-order valence-electron chi connectivity index (χ0n) is 19.8. The van der Waals surface area contributed by atoms with Gasteiger partial charge in [-0.1, -0.05) is 30.3 Å². The first-order chi connectivity index (χ1) is 17.2. The number of hydrogen-bond acceptors (Lipinski definition) is 7. The molecule has 9 nitrogen and oxygen atoms in total. The molecular formula is C26H25N7O2S. The molecule has 0 bridgehead atoms. The molecule has 36 heavy (non-hydrogen) atoms. The minimum absolute atomic E-state index is 0.0562. The maximum absolute atomic E-state index is 11.8. The number of nitrogens with two attached hydrogens (primary N) is 1. The minimum Gasteiger partial charge on any atom is -0.342 e. The van der Waals surface area contributed by atoms with E-state index >= 15 is 0 Å². The Bertz CT molecular complexity index is 1630. The number of nitrogens with one attached hydrogen (secondary N) is 3. The van der Waals surface area contributed by atoms with Gasteiger partial charge < -0.3 is 15.6 Å². The number of nitrogens with zero attached hydrogens (tertiary/aromatic N) is 3. The van der Waals surface area contributed by atoms with Crippen molar-refractivity contribution in [3.05, 3.63) is 95.4 Å². The van der Waals surface area contributed by atoms with E-state index in [4.69, 9.17) is 5.14 Å². The van der Waals surface area contributed by atoms with E-state index in [-0.39, 0.29) is 4.90 Å². The first-order valence-corrected chi connectivity index (χ1v) is 12.8. The van der Waals surface area contributed by atoms with Gasteiger partial charge in [-0.05, 0) is 61.4 Å². The summed E-state index contributed by atoms with van der Waals surface area (Å²) in [5.74, 6) is 1.88. The SMILES string of the molecule is Cc1ccc(Nc2ncc(C)c(Nc3ccc(Cc4nc5ccccc5[nH]4)cc3)n2)cc1S(N)(=O)=O. The Balaban J connectivity index is 1.30. The second-order valence-electron chi connectivity index (χ2n) is 8.57. The second kappa shape index (κ2) is 9.40. The van der Waals surface area contributed by atoms with Gasteiger partial charge in [-0.3, -0.25) is 0 Å². The molecule has 0 aliphatic carbocycles. The van der Waals surface area contributed by atoms with Crippen molar-refractivity contribution in [3.63, 3.8) is 0 Å². The van der Waals surface area contributed by atoms with Crippen LogP contribution in [-0.4, -0.2) is 28.4 Å². The van der Waals surface area contributed by atoms with Gasteiger partial charge in [0.25, 0.3) is 0 Å². The third-order valence-corrected chi connectivity index (χ3v) is 6.80. The molecule has 3 aromatic carbocycles. The lowest BCUT2D eigenvalue weighted by Gasteiger charge is -2.12. The van der Waals surface area contributed by atoms with Crippen LogP contribution in [0.4, 0.5) is 23.1 Å². The van der Waals surface area contributed by atoms with Gasteiger partial charge in [0.1, 0.15) is 11.6 Å². The van der Waals surface area contributed by atoms with E-state index in [0.29, 0.717) is 29.4 Å². The first kappa shape index (κ1) is 23.5. The van der Waals surface area contributed by atoms with Crippen molar-refractivity contribution in [2.75, 3.05) is 10.6 Å². The maximum atomic E-state index is 11.8. The summed E-state index contributed by atoms with van der Waals surface area (Å²) < 4.78 is 23.7. The summed E-state index contributed by atoms with van der Waals surface area (Å²) in [5, 5.41) is 11.7. The fraction of sp³-hybridized carbons (Fsp3) is 0.115. The number of anilines is 4. The Labute approximate surface area is 208 Å². The monoisotopic (exact) mass is 499 g/mol. The van der Waals surface area contributed by atoms with Crippen LogP contribution in [0.5, 0.6) is 0 Å². The Morgan fingerprint density at radius 1 is 0.889 bits per heavy atom. The average molecular weight is 500 g/mol. The molecule has 0 radical (unpaired) electrons. The normalized spacial score (nSPS) is 11.5. The van der Waals surface area contributed by atoms with Crippen LogP contribution in [0.3, 0.4) is 0 Å². The average Bonchev–Trinajstić information content (AvgIpc) is 3.25. The number of aromatic nitrogens is 4. The number of imidazole rings is 1. The van der Waals surface area contributed by atoms with Crippen molar-refractivity contribution >= 4 is 44.2 Å². The van der Waals surface area contributed by atoms with Gasteiger partial charge in [-0.25, -0.2) is 23.5 Å². The van der Waals surface area contributed by atoms with Crippen LogP contribution in [-0.2, 0) is 16.4 Å². The number of sulfonamides is 1. The smallest absolute Gasteiger partial charge is 0.238 e. The molecule has 5 N–H and O–H groups in total. The topological polar surface area (TPSA) is 139 Å². The van der Waals surface area contributed by atoms with Crippen molar-refractivity contribution in [3.8, 4) is 0 Å². The molecule has 0 unspecified atom stereocenters. The third kappa shape index (κ3) is 5.19. The van der Waals surface area contributed by atoms with Crippen molar-refractivity contribution in [1.29, 1.82) is 0 Å². The molecule has 2 aromatic heterocycles. The molecule has 0 aliphatic heterocycles. The molecule has 0 saturated heterocycles. The van der Waals surface area contributed by atoms with Gasteiger partial charge in [0.2, 0.25) is 16.0 Å². The number of aromatic amines is 1. The van der Waals surface area contributed by atoms with Crippen molar-refractivity contribution < 1.29 is 8.42 Å². The minimum atomic E-state index is -3.83. The molecule has 182 valence electrons. The highest BCUT2D eigenvalue weighted by Gasteiger charge is 2.13. The van der Waals surface area contributed by atoms with Crippen LogP contribution in [0.1, 0.15) is 22.5 Å². The molecule has 0 amide bonds. The van der Waals surface area contributed by atoms with Gasteiger partial charge in [0.05, 0.1) is 15.9 Å². The predicted octanol–water partition coefficient (Wildman–Crippen LogP) is 4.70. The third-order valence-electron chi connectivity index (χ3n) is 5.75. The van der Waals surface area contributed by atoms with Crippen LogP contribution in [0.15, 0.2) is 77.8 Å². The van der Waals surface area contributed by atoms with E-state index in [0.717, 1.165) is 33.7 Å². The number of hydrogen-bond donors (Lipinski definition) is 4. The lowest BCUT2D eigenvalue weighted by molar-refractivity contribution is 0.597. The lowest BCUT2D eigenvalue weighted by atomic mass is 10.1. The predicted molar refractivity (Wildman–Crippen MR) is 141 cm³/mol. The highest BCUT2D eigenvalue weighted by Crippen LogP contribution is 2.24. The molecule has 2 heterocycles. The summed E-state index contributed by atoms with van der Waals surface area (Å²) in [6.07, 6.45) is 2.40. The quantitative estimate of drug-likeness (QED) is 0.255. The molecule has 0 fully saturated rings. The highest BCUT2D eigenvalue weighted by atomic mass is 32.2. The zero-order chi connectivity index (χ0) is 25.3. The fourth-order valence-corrected chi connectivity index (χ4v) is 4.68. The Hall–Kier alpha value is -4.28. The Morgan fingerprint density at radius 2 is 1.64 bits per heavy atom. The molecule has 5 rings (SSSR count). The van der Waals surface area contributed by atoms with Crippen molar-refractivity contribution in [2.45, 2.75) is 25.2 Å². The molecule has 0 atom stereocenters. The van der Waals surface area contributed by atoms with Gasteiger partial charge in [0, 0.05) is 29.6 Å². The molecule has 10 heteroatoms. The second-order valence-corrected chi connectivity index (χ2v) is 10.1. The zero-order valence-corrected chi connectivity index (χ0v) is 20.6. The number of primary sulfonamides is 1. The molecule has 0 saturated carbocycles. The number of fused-ring (bicyclic) bond motifs is 1. The number of para-hydroxylation sites is 2. The summed E-state index contributed by atoms with van der Waals surface area (Å²) >= 11 is 0. The van der Waals surface area contributed by atoms with Crippen molar-refractivity contribution in [1.82, 2.24) is 19.9 Å². The van der Waals surface area contributed by atoms with Crippen molar-refractivity contribution in [2.24, 2.45) is 5.14 Å². The van der Waals surface area contributed by atoms with E-state index < -0.39 is 10.0 Å². The summed E-state index contributed by atoms with van der Waals surface area (Å²) in [6, 6.07) is 21.0. The van der Waals surface area contributed by atoms with E-state index in [1.807, 2.05) is 55.5 Å². The maximum Gasteiger partial charge on any atom is 0.238 e. The summed E-state index contributed by atoms with van der Waals surface area (Å²) in [7, 11) is -3.83. The Kier molecular flexibility index (Phi) is 6.13. The van der Waals surface area contributed by atoms with Crippen LogP contribution in [0, 0.1) is 13.8 Å². The highest BCUT2D eigenvalue weighted by molar-refractivity contribution is 7.89. The largest absolute Gasteiger partial charge is 0.342 e. The number of rotatable bonds is 7. The lowest BCUT2D eigenvalue weighted by Crippen LogP contribution is -2.14. The first-order valence-electron chi connectivity index (χ1n) is 11.3. The molecular weight excluding hydrogens is 474 g/mol. The van der Waals surface area contributed by atoms with Crippen LogP contribution in [0.25, 0.3) is 11.0 Å². The molecule has 0 spiro atoms. The Morgan fingerprint density at radius 3 is 2.39 bits per heavy atom. The van der Waals surface area contributed by atoms with Gasteiger partial charge >= 0.3 is 0 Å². The van der Waals surface area contributed by atoms with Gasteiger partial charge in [-0.2, -0.15) is 4.98 Å². The molecule has 0 aliphatic rings. The van der Waals surface area contributed by atoms with Crippen LogP contribution < -0.4 is 15.8 Å². The van der Waals surface area contributed by atoms with Gasteiger partial charge in [-0.15, -0.1) is 0 Å². The fourth-order valence-electron chi connectivity index (χ4n) is 3.87. The summed E-state index contributed by atoms with van der Waals surface area (Å²) in [4.78, 5) is 16.9. The number of aryl methyl sites for hydroxylation is 2. The van der Waals surface area contributed by atoms with E-state index in [9.17, 15) is 8.42 Å². The number of benzene rings is 3. The summed E-state index contributed by atoms with van der Waals surface area (Å²) in [5.41, 5.74) is 5.95. The number of H-pyrrole nitrogens is 1. The standard InChI is InChI=1S/C26H25N7O2S/c1-16-7-10-20(14-23(16)36(27,34)35)30-26-28-15-17(2)25(33-26)29-19-11-8-18(9-12-19)13-24-31-21-5-3-4-6-22(21)32-24/h3-12,14-15H,13H2,1-2H3,(H,31,32)(H2,27,34,35)(H2,28,29,30,33). The van der Waals surface area contributed by atoms with E-state index in [1.54, 1.807) is 25.3 Å². The van der Waals surface area contributed by atoms with E-state index in [2.05, 4.69) is 30.6 Å². The van der Waals surface area contributed by atoms with E-state index in [1.165, 1.54) is 6.07 Å². The van der Waals surface area contributed by atoms with Crippen LogP contribution in [0.2, 0.25) is 0 Å².